The Balaban J connectivity index is 1.90. The zero-order valence-corrected chi connectivity index (χ0v) is 15.8. The SMILES string of the molecule is Cc1cc(NC(=O)CC(=O)O)cc(C)c1Oc1ccc(O)c2c1CC(C)C2=O. The Morgan fingerprint density at radius 2 is 1.86 bits per heavy atom. The number of ketones is 1. The molecule has 28 heavy (non-hydrogen) atoms. The van der Waals surface area contributed by atoms with E-state index in [1.807, 2.05) is 20.8 Å². The predicted octanol–water partition coefficient (Wildman–Crippen LogP) is 3.59. The molecule has 0 radical (unpaired) electrons. The molecule has 0 aromatic heterocycles. The zero-order valence-electron chi connectivity index (χ0n) is 15.8. The Bertz CT molecular complexity index is 972. The predicted molar refractivity (Wildman–Crippen MR) is 102 cm³/mol. The van der Waals surface area contributed by atoms with Crippen molar-refractivity contribution in [1.29, 1.82) is 0 Å². The fraction of sp³-hybridized carbons (Fsp3) is 0.286. The van der Waals surface area contributed by atoms with Crippen molar-refractivity contribution in [2.24, 2.45) is 5.92 Å². The molecule has 0 heterocycles. The van der Waals surface area contributed by atoms with E-state index < -0.39 is 18.3 Å². The molecule has 0 aliphatic heterocycles. The molecule has 2 aromatic carbocycles. The van der Waals surface area contributed by atoms with E-state index in [0.29, 0.717) is 34.7 Å². The molecular formula is C21H21NO6. The Labute approximate surface area is 162 Å². The van der Waals surface area contributed by atoms with Gasteiger partial charge in [-0.1, -0.05) is 6.92 Å². The number of carbonyl (C=O) groups is 3. The third-order valence-electron chi connectivity index (χ3n) is 4.72. The van der Waals surface area contributed by atoms with Gasteiger partial charge in [-0.15, -0.1) is 0 Å². The van der Waals surface area contributed by atoms with E-state index in [1.165, 1.54) is 6.07 Å². The van der Waals surface area contributed by atoms with Crippen molar-refractivity contribution < 1.29 is 29.3 Å². The minimum atomic E-state index is -1.20. The van der Waals surface area contributed by atoms with Crippen LogP contribution in [0.15, 0.2) is 24.3 Å². The summed E-state index contributed by atoms with van der Waals surface area (Å²) in [5, 5.41) is 21.3. The second-order valence-electron chi connectivity index (χ2n) is 7.07. The number of benzene rings is 2. The Morgan fingerprint density at radius 3 is 2.46 bits per heavy atom. The van der Waals surface area contributed by atoms with E-state index in [9.17, 15) is 19.5 Å². The van der Waals surface area contributed by atoms with Gasteiger partial charge in [-0.05, 0) is 55.7 Å². The first-order chi connectivity index (χ1) is 13.2. The normalized spacial score (nSPS) is 15.2. The zero-order chi connectivity index (χ0) is 20.6. The number of carbonyl (C=O) groups excluding carboxylic acids is 2. The molecule has 1 atom stereocenters. The van der Waals surface area contributed by atoms with Gasteiger partial charge in [0.2, 0.25) is 5.91 Å². The second kappa shape index (κ2) is 7.34. The highest BCUT2D eigenvalue weighted by Crippen LogP contribution is 2.41. The van der Waals surface area contributed by atoms with E-state index in [2.05, 4.69) is 5.32 Å². The van der Waals surface area contributed by atoms with Crippen molar-refractivity contribution in [2.75, 3.05) is 5.32 Å². The van der Waals surface area contributed by atoms with Crippen molar-refractivity contribution in [3.8, 4) is 17.2 Å². The van der Waals surface area contributed by atoms with Crippen LogP contribution in [0.4, 0.5) is 5.69 Å². The number of rotatable bonds is 5. The number of aliphatic carboxylic acids is 1. The van der Waals surface area contributed by atoms with Crippen LogP contribution in [-0.4, -0.2) is 27.9 Å². The molecule has 3 N–H and O–H groups in total. The van der Waals surface area contributed by atoms with Gasteiger partial charge in [-0.2, -0.15) is 0 Å². The first kappa shape index (κ1) is 19.4. The summed E-state index contributed by atoms with van der Waals surface area (Å²) in [6.45, 7) is 5.43. The lowest BCUT2D eigenvalue weighted by Gasteiger charge is -2.16. The topological polar surface area (TPSA) is 113 Å². The van der Waals surface area contributed by atoms with Gasteiger partial charge in [-0.3, -0.25) is 14.4 Å². The summed E-state index contributed by atoms with van der Waals surface area (Å²) in [5.41, 5.74) is 2.97. The summed E-state index contributed by atoms with van der Waals surface area (Å²) in [4.78, 5) is 34.6. The van der Waals surface area contributed by atoms with Gasteiger partial charge in [0.05, 0.1) is 5.56 Å². The number of Topliss-reactive ketones (excluding diaryl/α,β-unsaturated/α-hetero) is 1. The maximum Gasteiger partial charge on any atom is 0.312 e. The van der Waals surface area contributed by atoms with Crippen LogP contribution >= 0.6 is 0 Å². The number of fused-ring (bicyclic) bond motifs is 1. The largest absolute Gasteiger partial charge is 0.507 e. The van der Waals surface area contributed by atoms with E-state index in [1.54, 1.807) is 18.2 Å². The minimum Gasteiger partial charge on any atom is -0.507 e. The van der Waals surface area contributed by atoms with Crippen LogP contribution in [0.2, 0.25) is 0 Å². The summed E-state index contributed by atoms with van der Waals surface area (Å²) in [5.74, 6) is -1.06. The molecule has 3 rings (SSSR count). The molecule has 2 aromatic rings. The van der Waals surface area contributed by atoms with Crippen molar-refractivity contribution >= 4 is 23.3 Å². The molecule has 1 unspecified atom stereocenters. The number of phenolic OH excluding ortho intramolecular Hbond substituents is 1. The number of phenols is 1. The number of hydrogen-bond donors (Lipinski definition) is 3. The molecule has 0 saturated heterocycles. The van der Waals surface area contributed by atoms with Gasteiger partial charge >= 0.3 is 5.97 Å². The highest BCUT2D eigenvalue weighted by Gasteiger charge is 2.32. The van der Waals surface area contributed by atoms with Crippen LogP contribution < -0.4 is 10.1 Å². The summed E-state index contributed by atoms with van der Waals surface area (Å²) in [7, 11) is 0. The molecule has 0 saturated carbocycles. The van der Waals surface area contributed by atoms with Gasteiger partial charge in [0.25, 0.3) is 0 Å². The highest BCUT2D eigenvalue weighted by molar-refractivity contribution is 6.05. The second-order valence-corrected chi connectivity index (χ2v) is 7.07. The Kier molecular flexibility index (Phi) is 5.09. The van der Waals surface area contributed by atoms with Crippen molar-refractivity contribution in [3.63, 3.8) is 0 Å². The highest BCUT2D eigenvalue weighted by atomic mass is 16.5. The average Bonchev–Trinajstić information content (AvgIpc) is 2.88. The third kappa shape index (κ3) is 3.69. The molecule has 0 bridgehead atoms. The molecule has 0 fully saturated rings. The van der Waals surface area contributed by atoms with Crippen LogP contribution in [0.25, 0.3) is 0 Å². The van der Waals surface area contributed by atoms with Crippen LogP contribution in [-0.2, 0) is 16.0 Å². The van der Waals surface area contributed by atoms with Gasteiger partial charge in [0, 0.05) is 17.2 Å². The fourth-order valence-electron chi connectivity index (χ4n) is 3.47. The quantitative estimate of drug-likeness (QED) is 0.680. The molecule has 1 aliphatic carbocycles. The number of anilines is 1. The lowest BCUT2D eigenvalue weighted by molar-refractivity contribution is -0.139. The molecule has 7 nitrogen and oxygen atoms in total. The molecule has 1 amide bonds. The maximum atomic E-state index is 12.3. The standard InChI is InChI=1S/C21H21NO6/c1-10-8-14-16(5-4-15(23)19(14)20(10)27)28-21-11(2)6-13(7-12(21)3)22-17(24)9-18(25)26/h4-7,10,23H,8-9H2,1-3H3,(H,22,24)(H,25,26). The van der Waals surface area contributed by atoms with E-state index in [0.717, 1.165) is 11.1 Å². The monoisotopic (exact) mass is 383 g/mol. The first-order valence-electron chi connectivity index (χ1n) is 8.87. The van der Waals surface area contributed by atoms with Crippen LogP contribution in [0.3, 0.4) is 0 Å². The molecule has 7 heteroatoms. The minimum absolute atomic E-state index is 0.0402. The van der Waals surface area contributed by atoms with Crippen molar-refractivity contribution in [1.82, 2.24) is 0 Å². The summed E-state index contributed by atoms with van der Waals surface area (Å²) < 4.78 is 6.09. The van der Waals surface area contributed by atoms with Gasteiger partial charge in [-0.25, -0.2) is 0 Å². The average molecular weight is 383 g/mol. The number of amides is 1. The number of hydrogen-bond acceptors (Lipinski definition) is 5. The molecule has 1 aliphatic rings. The van der Waals surface area contributed by atoms with Crippen LogP contribution in [0.5, 0.6) is 17.2 Å². The Morgan fingerprint density at radius 1 is 1.21 bits per heavy atom. The van der Waals surface area contributed by atoms with E-state index >= 15 is 0 Å². The number of nitrogens with one attached hydrogen (secondary N) is 1. The van der Waals surface area contributed by atoms with Crippen molar-refractivity contribution in [3.05, 3.63) is 46.5 Å². The van der Waals surface area contributed by atoms with Crippen LogP contribution in [0.1, 0.15) is 40.4 Å². The van der Waals surface area contributed by atoms with E-state index in [-0.39, 0.29) is 17.5 Å². The van der Waals surface area contributed by atoms with Gasteiger partial charge < -0.3 is 20.3 Å². The molecular weight excluding hydrogens is 362 g/mol. The van der Waals surface area contributed by atoms with Gasteiger partial charge in [0.1, 0.15) is 23.7 Å². The molecule has 146 valence electrons. The summed E-state index contributed by atoms with van der Waals surface area (Å²) in [6.07, 6.45) is -0.110. The third-order valence-corrected chi connectivity index (χ3v) is 4.72. The lowest BCUT2D eigenvalue weighted by atomic mass is 10.1. The molecule has 0 spiro atoms. The first-order valence-corrected chi connectivity index (χ1v) is 8.87. The van der Waals surface area contributed by atoms with E-state index in [4.69, 9.17) is 9.84 Å². The number of carboxylic acids is 1. The van der Waals surface area contributed by atoms with Crippen LogP contribution in [0, 0.1) is 19.8 Å². The number of ether oxygens (including phenoxy) is 1. The van der Waals surface area contributed by atoms with Crippen molar-refractivity contribution in [2.45, 2.75) is 33.6 Å². The number of carboxylic acid groups (broad SMARTS) is 1. The number of aromatic hydroxyl groups is 1. The summed E-state index contributed by atoms with van der Waals surface area (Å²) in [6, 6.07) is 6.48. The maximum absolute atomic E-state index is 12.3. The van der Waals surface area contributed by atoms with Gasteiger partial charge in [0.15, 0.2) is 5.78 Å². The lowest BCUT2D eigenvalue weighted by Crippen LogP contribution is -2.16. The smallest absolute Gasteiger partial charge is 0.312 e. The Hall–Kier alpha value is -3.35. The number of aryl methyl sites for hydroxylation is 2. The fourth-order valence-corrected chi connectivity index (χ4v) is 3.47. The summed E-state index contributed by atoms with van der Waals surface area (Å²) >= 11 is 0.